The molecule has 1 aromatic rings. The van der Waals surface area contributed by atoms with Gasteiger partial charge in [0.2, 0.25) is 6.29 Å². The molecule has 158 valence electrons. The number of carbonyl (C=O) groups excluding carboxylic acids is 1. The van der Waals surface area contributed by atoms with Gasteiger partial charge in [0.1, 0.15) is 0 Å². The van der Waals surface area contributed by atoms with Crippen molar-refractivity contribution < 1.29 is 19.4 Å². The summed E-state index contributed by atoms with van der Waals surface area (Å²) in [5, 5.41) is 14.5. The van der Waals surface area contributed by atoms with E-state index in [1.54, 1.807) is 11.3 Å². The topological polar surface area (TPSA) is 67.8 Å². The Kier molecular flexibility index (Phi) is 5.43. The van der Waals surface area contributed by atoms with E-state index in [1.165, 1.54) is 24.1 Å². The van der Waals surface area contributed by atoms with Gasteiger partial charge in [-0.25, -0.2) is 0 Å². The number of aliphatic hydroxyl groups is 1. The summed E-state index contributed by atoms with van der Waals surface area (Å²) in [4.78, 5) is 14.5. The smallest absolute Gasteiger partial charge is 0.286 e. The second-order valence-electron chi connectivity index (χ2n) is 9.54. The fourth-order valence-corrected chi connectivity index (χ4v) is 7.27. The first-order chi connectivity index (χ1) is 14.1. The number of ether oxygens (including phenoxy) is 2. The van der Waals surface area contributed by atoms with E-state index in [-0.39, 0.29) is 24.0 Å². The van der Waals surface area contributed by atoms with Crippen LogP contribution in [0.15, 0.2) is 29.3 Å². The van der Waals surface area contributed by atoms with Crippen molar-refractivity contribution in [3.05, 3.63) is 34.2 Å². The highest BCUT2D eigenvalue weighted by molar-refractivity contribution is 7.10. The Morgan fingerprint density at radius 2 is 1.93 bits per heavy atom. The number of carbonyl (C=O) groups is 1. The highest BCUT2D eigenvalue weighted by Gasteiger charge is 2.52. The van der Waals surface area contributed by atoms with E-state index in [9.17, 15) is 4.79 Å². The third-order valence-corrected chi connectivity index (χ3v) is 8.22. The molecule has 0 spiro atoms. The summed E-state index contributed by atoms with van der Waals surface area (Å²) in [6.07, 6.45) is 10.3. The van der Waals surface area contributed by atoms with Crippen molar-refractivity contribution in [1.29, 1.82) is 0 Å². The van der Waals surface area contributed by atoms with Crippen LogP contribution in [0, 0.1) is 17.8 Å². The minimum atomic E-state index is -0.448. The number of allylic oxidation sites excluding steroid dienone is 1. The highest BCUT2D eigenvalue weighted by Crippen LogP contribution is 2.55. The van der Waals surface area contributed by atoms with Crippen molar-refractivity contribution in [1.82, 2.24) is 5.32 Å². The van der Waals surface area contributed by atoms with Crippen molar-refractivity contribution >= 4 is 17.2 Å². The molecule has 2 atom stereocenters. The van der Waals surface area contributed by atoms with E-state index in [1.807, 2.05) is 12.1 Å². The molecule has 2 N–H and O–H groups in total. The molecule has 4 saturated carbocycles. The van der Waals surface area contributed by atoms with Crippen LogP contribution in [0.25, 0.3) is 0 Å². The van der Waals surface area contributed by atoms with Gasteiger partial charge in [-0.15, -0.1) is 11.3 Å². The SMILES string of the molecule is O=C(NC12CC3CC(CC(C3)C1)C2)C1=C[C@H](c2cccs2)C[C@H](OCCCO)O1. The van der Waals surface area contributed by atoms with Gasteiger partial charge in [-0.1, -0.05) is 6.07 Å². The fourth-order valence-electron chi connectivity index (χ4n) is 6.46. The van der Waals surface area contributed by atoms with Crippen molar-refractivity contribution in [2.75, 3.05) is 13.2 Å². The van der Waals surface area contributed by atoms with Crippen LogP contribution in [0.2, 0.25) is 0 Å². The largest absolute Gasteiger partial charge is 0.459 e. The Hall–Kier alpha value is -1.37. The lowest BCUT2D eigenvalue weighted by Crippen LogP contribution is -2.60. The molecule has 4 aliphatic carbocycles. The first kappa shape index (κ1) is 19.6. The summed E-state index contributed by atoms with van der Waals surface area (Å²) in [7, 11) is 0. The molecule has 2 heterocycles. The van der Waals surface area contributed by atoms with Gasteiger partial charge < -0.3 is 19.9 Å². The van der Waals surface area contributed by atoms with E-state index < -0.39 is 6.29 Å². The van der Waals surface area contributed by atoms with E-state index in [0.29, 0.717) is 25.2 Å². The van der Waals surface area contributed by atoms with Crippen molar-refractivity contribution in [3.8, 4) is 0 Å². The van der Waals surface area contributed by atoms with Crippen LogP contribution in [0.3, 0.4) is 0 Å². The van der Waals surface area contributed by atoms with E-state index in [4.69, 9.17) is 14.6 Å². The van der Waals surface area contributed by atoms with Crippen LogP contribution >= 0.6 is 11.3 Å². The number of rotatable bonds is 7. The molecule has 5 nitrogen and oxygen atoms in total. The average Bonchev–Trinajstić information content (AvgIpc) is 3.21. The Balaban J connectivity index is 1.31. The van der Waals surface area contributed by atoms with Crippen LogP contribution in [-0.2, 0) is 14.3 Å². The molecule has 4 bridgehead atoms. The molecular weight excluding hydrogens is 386 g/mol. The number of nitrogens with one attached hydrogen (secondary N) is 1. The standard InChI is InChI=1S/C23H31NO4S/c25-4-2-5-27-21-11-18(20-3-1-6-29-20)10-19(28-21)22(26)24-23-12-15-7-16(13-23)9-17(8-15)14-23/h1,3,6,10,15-18,21,25H,2,4-5,7-9,11-14H2,(H,24,26)/t15?,16?,17?,18-,21+,23?/m0/s1. The summed E-state index contributed by atoms with van der Waals surface area (Å²) < 4.78 is 11.8. The van der Waals surface area contributed by atoms with Crippen LogP contribution in [0.5, 0.6) is 0 Å². The van der Waals surface area contributed by atoms with Gasteiger partial charge in [-0.05, 0) is 80.2 Å². The minimum absolute atomic E-state index is 0.0286. The summed E-state index contributed by atoms with van der Waals surface area (Å²) in [6.45, 7) is 0.526. The van der Waals surface area contributed by atoms with Gasteiger partial charge >= 0.3 is 0 Å². The highest BCUT2D eigenvalue weighted by atomic mass is 32.1. The Bertz CT molecular complexity index is 724. The van der Waals surface area contributed by atoms with Crippen LogP contribution in [0.1, 0.15) is 62.2 Å². The molecule has 1 aromatic heterocycles. The molecule has 0 saturated heterocycles. The Morgan fingerprint density at radius 1 is 1.21 bits per heavy atom. The number of aliphatic hydroxyl groups excluding tert-OH is 1. The number of thiophene rings is 1. The third-order valence-electron chi connectivity index (χ3n) is 7.21. The van der Waals surface area contributed by atoms with Crippen molar-refractivity contribution in [3.63, 3.8) is 0 Å². The average molecular weight is 418 g/mol. The predicted molar refractivity (Wildman–Crippen MR) is 111 cm³/mol. The lowest BCUT2D eigenvalue weighted by atomic mass is 9.53. The molecule has 6 rings (SSSR count). The number of hydrogen-bond donors (Lipinski definition) is 2. The van der Waals surface area contributed by atoms with Gasteiger partial charge in [-0.2, -0.15) is 0 Å². The Labute approximate surface area is 176 Å². The van der Waals surface area contributed by atoms with Gasteiger partial charge in [-0.3, -0.25) is 4.79 Å². The van der Waals surface area contributed by atoms with Crippen molar-refractivity contribution in [2.45, 2.75) is 69.1 Å². The Morgan fingerprint density at radius 3 is 2.55 bits per heavy atom. The molecule has 4 fully saturated rings. The summed E-state index contributed by atoms with van der Waals surface area (Å²) in [6, 6.07) is 4.15. The van der Waals surface area contributed by atoms with Gasteiger partial charge in [0.25, 0.3) is 5.91 Å². The van der Waals surface area contributed by atoms with Crippen LogP contribution in [0.4, 0.5) is 0 Å². The molecule has 0 aromatic carbocycles. The normalized spacial score (nSPS) is 37.8. The third kappa shape index (κ3) is 4.12. The minimum Gasteiger partial charge on any atom is -0.459 e. The molecule has 0 radical (unpaired) electrons. The molecular formula is C23H31NO4S. The maximum absolute atomic E-state index is 13.3. The monoisotopic (exact) mass is 417 g/mol. The first-order valence-corrected chi connectivity index (χ1v) is 12.0. The van der Waals surface area contributed by atoms with E-state index >= 15 is 0 Å². The number of amides is 1. The lowest BCUT2D eigenvalue weighted by Gasteiger charge is -2.56. The molecule has 5 aliphatic rings. The molecule has 1 amide bonds. The van der Waals surface area contributed by atoms with E-state index in [0.717, 1.165) is 37.0 Å². The summed E-state index contributed by atoms with van der Waals surface area (Å²) in [5.41, 5.74) is -0.0286. The summed E-state index contributed by atoms with van der Waals surface area (Å²) >= 11 is 1.70. The van der Waals surface area contributed by atoms with E-state index in [2.05, 4.69) is 16.8 Å². The van der Waals surface area contributed by atoms with Gasteiger partial charge in [0, 0.05) is 29.4 Å². The molecule has 1 aliphatic heterocycles. The zero-order valence-corrected chi connectivity index (χ0v) is 17.7. The van der Waals surface area contributed by atoms with Crippen LogP contribution in [-0.4, -0.2) is 36.1 Å². The fraction of sp³-hybridized carbons (Fsp3) is 0.696. The summed E-state index contributed by atoms with van der Waals surface area (Å²) in [5.74, 6) is 2.81. The predicted octanol–water partition coefficient (Wildman–Crippen LogP) is 3.95. The maximum atomic E-state index is 13.3. The maximum Gasteiger partial charge on any atom is 0.286 e. The zero-order valence-electron chi connectivity index (χ0n) is 16.8. The first-order valence-electron chi connectivity index (χ1n) is 11.1. The second kappa shape index (κ2) is 8.05. The number of hydrogen-bond acceptors (Lipinski definition) is 5. The molecule has 29 heavy (non-hydrogen) atoms. The zero-order chi connectivity index (χ0) is 19.8. The van der Waals surface area contributed by atoms with Gasteiger partial charge in [0.05, 0.1) is 6.61 Å². The quantitative estimate of drug-likeness (QED) is 0.660. The van der Waals surface area contributed by atoms with Crippen LogP contribution < -0.4 is 5.32 Å². The molecule has 6 heteroatoms. The van der Waals surface area contributed by atoms with Gasteiger partial charge in [0.15, 0.2) is 5.76 Å². The van der Waals surface area contributed by atoms with Crippen molar-refractivity contribution in [2.24, 2.45) is 17.8 Å². The second-order valence-corrected chi connectivity index (χ2v) is 10.5. The molecule has 0 unspecified atom stereocenters. The lowest BCUT2D eigenvalue weighted by molar-refractivity contribution is -0.149.